The van der Waals surface area contributed by atoms with Gasteiger partial charge in [0.2, 0.25) is 0 Å². The van der Waals surface area contributed by atoms with E-state index in [-0.39, 0.29) is 5.91 Å². The van der Waals surface area contributed by atoms with Crippen LogP contribution >= 0.6 is 11.3 Å². The Labute approximate surface area is 114 Å². The number of aliphatic hydroxyl groups excluding tert-OH is 1. The highest BCUT2D eigenvalue weighted by Gasteiger charge is 2.19. The molecule has 0 bridgehead atoms. The Morgan fingerprint density at radius 1 is 1.37 bits per heavy atom. The fourth-order valence-corrected chi connectivity index (χ4v) is 2.79. The molecule has 3 rings (SSSR count). The van der Waals surface area contributed by atoms with Crippen molar-refractivity contribution < 1.29 is 14.6 Å². The van der Waals surface area contributed by atoms with E-state index in [9.17, 15) is 9.90 Å². The molecule has 0 saturated heterocycles. The van der Waals surface area contributed by atoms with E-state index in [1.165, 1.54) is 11.3 Å². The molecule has 1 atom stereocenters. The number of amides is 1. The molecular weight excluding hydrogens is 262 g/mol. The van der Waals surface area contributed by atoms with Crippen LogP contribution in [0.1, 0.15) is 26.9 Å². The quantitative estimate of drug-likeness (QED) is 0.880. The monoisotopic (exact) mass is 275 g/mol. The van der Waals surface area contributed by atoms with Crippen LogP contribution in [-0.4, -0.2) is 24.2 Å². The van der Waals surface area contributed by atoms with E-state index in [1.807, 2.05) is 17.5 Å². The summed E-state index contributed by atoms with van der Waals surface area (Å²) in [6.07, 6.45) is -0.707. The Morgan fingerprint density at radius 3 is 3.05 bits per heavy atom. The zero-order valence-electron chi connectivity index (χ0n) is 10.1. The molecule has 0 fully saturated rings. The number of benzene rings is 1. The number of hydrogen-bond donors (Lipinski definition) is 2. The maximum absolute atomic E-state index is 11.9. The van der Waals surface area contributed by atoms with Crippen LogP contribution in [0.5, 0.6) is 5.75 Å². The van der Waals surface area contributed by atoms with Crippen molar-refractivity contribution in [2.24, 2.45) is 0 Å². The first kappa shape index (κ1) is 12.2. The molecule has 0 saturated carbocycles. The van der Waals surface area contributed by atoms with Crippen molar-refractivity contribution in [3.63, 3.8) is 0 Å². The zero-order valence-corrected chi connectivity index (χ0v) is 10.9. The SMILES string of the molecule is O=C1NCCOc2ccc(C(O)c3cccs3)cc21. The van der Waals surface area contributed by atoms with E-state index in [0.29, 0.717) is 30.0 Å². The van der Waals surface area contributed by atoms with Gasteiger partial charge in [0.05, 0.1) is 12.1 Å². The summed E-state index contributed by atoms with van der Waals surface area (Å²) in [5, 5.41) is 14.9. The van der Waals surface area contributed by atoms with Gasteiger partial charge >= 0.3 is 0 Å². The summed E-state index contributed by atoms with van der Waals surface area (Å²) in [6, 6.07) is 8.99. The Morgan fingerprint density at radius 2 is 2.26 bits per heavy atom. The van der Waals surface area contributed by atoms with E-state index in [0.717, 1.165) is 4.88 Å². The molecule has 1 aromatic carbocycles. The van der Waals surface area contributed by atoms with E-state index in [1.54, 1.807) is 18.2 Å². The molecule has 1 aromatic heterocycles. The van der Waals surface area contributed by atoms with Crippen molar-refractivity contribution in [2.75, 3.05) is 13.2 Å². The zero-order chi connectivity index (χ0) is 13.2. The highest BCUT2D eigenvalue weighted by Crippen LogP contribution is 2.30. The largest absolute Gasteiger partial charge is 0.491 e. The van der Waals surface area contributed by atoms with Gasteiger partial charge in [-0.15, -0.1) is 11.3 Å². The lowest BCUT2D eigenvalue weighted by Gasteiger charge is -2.12. The van der Waals surface area contributed by atoms with Crippen LogP contribution < -0.4 is 10.1 Å². The second kappa shape index (κ2) is 5.03. The Bertz CT molecular complexity index is 595. The maximum Gasteiger partial charge on any atom is 0.255 e. The predicted octanol–water partition coefficient (Wildman–Crippen LogP) is 1.95. The number of fused-ring (bicyclic) bond motifs is 1. The third kappa shape index (κ3) is 2.34. The lowest BCUT2D eigenvalue weighted by atomic mass is 10.0. The molecule has 1 unspecified atom stereocenters. The highest BCUT2D eigenvalue weighted by molar-refractivity contribution is 7.10. The molecule has 4 nitrogen and oxygen atoms in total. The molecule has 1 amide bonds. The smallest absolute Gasteiger partial charge is 0.255 e. The lowest BCUT2D eigenvalue weighted by Crippen LogP contribution is -2.24. The topological polar surface area (TPSA) is 58.6 Å². The van der Waals surface area contributed by atoms with E-state index < -0.39 is 6.10 Å². The fraction of sp³-hybridized carbons (Fsp3) is 0.214. The summed E-state index contributed by atoms with van der Waals surface area (Å²) in [5.74, 6) is 0.407. The first-order valence-corrected chi connectivity index (χ1v) is 6.90. The molecule has 19 heavy (non-hydrogen) atoms. The van der Waals surface area contributed by atoms with Crippen molar-refractivity contribution in [1.29, 1.82) is 0 Å². The third-order valence-corrected chi connectivity index (χ3v) is 3.95. The molecular formula is C14H13NO3S. The summed E-state index contributed by atoms with van der Waals surface area (Å²) in [7, 11) is 0. The minimum Gasteiger partial charge on any atom is -0.491 e. The molecule has 2 aromatic rings. The summed E-state index contributed by atoms with van der Waals surface area (Å²) in [4.78, 5) is 12.8. The van der Waals surface area contributed by atoms with Crippen molar-refractivity contribution in [2.45, 2.75) is 6.10 Å². The van der Waals surface area contributed by atoms with Crippen LogP contribution in [0.4, 0.5) is 0 Å². The molecule has 1 aliphatic heterocycles. The first-order chi connectivity index (χ1) is 9.25. The summed E-state index contributed by atoms with van der Waals surface area (Å²) in [5.41, 5.74) is 1.17. The van der Waals surface area contributed by atoms with Gasteiger partial charge in [0.25, 0.3) is 5.91 Å². The van der Waals surface area contributed by atoms with Gasteiger partial charge in [0.1, 0.15) is 18.5 Å². The van der Waals surface area contributed by atoms with Crippen molar-refractivity contribution in [1.82, 2.24) is 5.32 Å². The fourth-order valence-electron chi connectivity index (χ4n) is 2.05. The Kier molecular flexibility index (Phi) is 3.23. The number of carbonyl (C=O) groups excluding carboxylic acids is 1. The van der Waals surface area contributed by atoms with Gasteiger partial charge in [-0.3, -0.25) is 4.79 Å². The highest BCUT2D eigenvalue weighted by atomic mass is 32.1. The van der Waals surface area contributed by atoms with Crippen LogP contribution in [0.15, 0.2) is 35.7 Å². The van der Waals surface area contributed by atoms with Gasteiger partial charge in [-0.1, -0.05) is 12.1 Å². The Balaban J connectivity index is 1.98. The van der Waals surface area contributed by atoms with Gasteiger partial charge in [-0.25, -0.2) is 0 Å². The second-order valence-electron chi connectivity index (χ2n) is 4.28. The average molecular weight is 275 g/mol. The van der Waals surface area contributed by atoms with Crippen LogP contribution in [-0.2, 0) is 0 Å². The number of rotatable bonds is 2. The molecule has 5 heteroatoms. The van der Waals surface area contributed by atoms with Crippen LogP contribution in [0, 0.1) is 0 Å². The van der Waals surface area contributed by atoms with Crippen molar-refractivity contribution in [3.8, 4) is 5.75 Å². The van der Waals surface area contributed by atoms with Crippen molar-refractivity contribution in [3.05, 3.63) is 51.7 Å². The molecule has 1 aliphatic rings. The minimum absolute atomic E-state index is 0.160. The van der Waals surface area contributed by atoms with Gasteiger partial charge in [-0.05, 0) is 29.1 Å². The number of ether oxygens (including phenoxy) is 1. The average Bonchev–Trinajstić information content (AvgIpc) is 2.90. The number of aliphatic hydroxyl groups is 1. The first-order valence-electron chi connectivity index (χ1n) is 6.02. The number of nitrogens with one attached hydrogen (secondary N) is 1. The minimum atomic E-state index is -0.707. The molecule has 2 heterocycles. The second-order valence-corrected chi connectivity index (χ2v) is 5.26. The van der Waals surface area contributed by atoms with Crippen LogP contribution in [0.25, 0.3) is 0 Å². The molecule has 0 radical (unpaired) electrons. The van der Waals surface area contributed by atoms with Crippen molar-refractivity contribution >= 4 is 17.2 Å². The Hall–Kier alpha value is -1.85. The lowest BCUT2D eigenvalue weighted by molar-refractivity contribution is 0.0957. The number of carbonyl (C=O) groups is 1. The normalized spacial score (nSPS) is 15.9. The maximum atomic E-state index is 11.9. The van der Waals surface area contributed by atoms with Gasteiger partial charge in [-0.2, -0.15) is 0 Å². The van der Waals surface area contributed by atoms with E-state index in [4.69, 9.17) is 4.74 Å². The predicted molar refractivity (Wildman–Crippen MR) is 72.7 cm³/mol. The number of hydrogen-bond acceptors (Lipinski definition) is 4. The molecule has 98 valence electrons. The van der Waals surface area contributed by atoms with E-state index in [2.05, 4.69) is 5.32 Å². The standard InChI is InChI=1S/C14H13NO3S/c16-13(12-2-1-7-19-12)9-3-4-11-10(8-9)14(17)15-5-6-18-11/h1-4,7-8,13,16H,5-6H2,(H,15,17). The number of thiophene rings is 1. The summed E-state index contributed by atoms with van der Waals surface area (Å²) in [6.45, 7) is 0.960. The molecule has 2 N–H and O–H groups in total. The van der Waals surface area contributed by atoms with E-state index >= 15 is 0 Å². The molecule has 0 aliphatic carbocycles. The third-order valence-electron chi connectivity index (χ3n) is 3.02. The van der Waals surface area contributed by atoms with Gasteiger partial charge in [0.15, 0.2) is 0 Å². The molecule has 0 spiro atoms. The van der Waals surface area contributed by atoms with Gasteiger partial charge in [0, 0.05) is 4.88 Å². The summed E-state index contributed by atoms with van der Waals surface area (Å²) < 4.78 is 5.48. The summed E-state index contributed by atoms with van der Waals surface area (Å²) >= 11 is 1.49. The van der Waals surface area contributed by atoms with Gasteiger partial charge < -0.3 is 15.2 Å². The van der Waals surface area contributed by atoms with Crippen LogP contribution in [0.2, 0.25) is 0 Å². The van der Waals surface area contributed by atoms with Crippen LogP contribution in [0.3, 0.4) is 0 Å².